The highest BCUT2D eigenvalue weighted by Crippen LogP contribution is 2.57. The van der Waals surface area contributed by atoms with E-state index in [1.54, 1.807) is 5.57 Å². The topological polar surface area (TPSA) is 0 Å². The zero-order chi connectivity index (χ0) is 13.5. The fourth-order valence-electron chi connectivity index (χ4n) is 3.46. The normalized spacial score (nSPS) is 33.6. The Morgan fingerprint density at radius 2 is 2.17 bits per heavy atom. The van der Waals surface area contributed by atoms with Gasteiger partial charge in [0.2, 0.25) is 0 Å². The van der Waals surface area contributed by atoms with Gasteiger partial charge < -0.3 is 0 Å². The lowest BCUT2D eigenvalue weighted by Crippen LogP contribution is -2.24. The lowest BCUT2D eigenvalue weighted by molar-refractivity contribution is 0.286. The highest BCUT2D eigenvalue weighted by Gasteiger charge is 2.47. The first-order valence-electron chi connectivity index (χ1n) is 6.78. The van der Waals surface area contributed by atoms with Gasteiger partial charge >= 0.3 is 0 Å². The molecule has 0 spiro atoms. The Kier molecular flexibility index (Phi) is 3.91. The molecule has 2 atom stereocenters. The molecule has 0 amide bonds. The Morgan fingerprint density at radius 1 is 1.50 bits per heavy atom. The molecule has 2 rings (SSSR count). The third-order valence-corrected chi connectivity index (χ3v) is 5.56. The van der Waals surface area contributed by atoms with E-state index in [4.69, 9.17) is 0 Å². The molecule has 1 heteroatoms. The van der Waals surface area contributed by atoms with Gasteiger partial charge in [0.05, 0.1) is 0 Å². The van der Waals surface area contributed by atoms with Gasteiger partial charge in [0, 0.05) is 3.58 Å². The van der Waals surface area contributed by atoms with Crippen LogP contribution in [0, 0.1) is 17.3 Å². The van der Waals surface area contributed by atoms with Crippen molar-refractivity contribution in [3.63, 3.8) is 0 Å². The summed E-state index contributed by atoms with van der Waals surface area (Å²) in [4.78, 5) is 0. The standard InChI is InChI=1S/C17H23I/c1-6-13(18)10-15-12(3)14-8-7-11(2)9-16(14)17(15,4)5/h6,9-10,14,16H,3,7-8H2,1-2,4-5H3/b13-6+,15-10+. The third kappa shape index (κ3) is 2.26. The molecule has 0 bridgehead atoms. The predicted molar refractivity (Wildman–Crippen MR) is 88.8 cm³/mol. The molecule has 0 aliphatic heterocycles. The van der Waals surface area contributed by atoms with Crippen LogP contribution < -0.4 is 0 Å². The van der Waals surface area contributed by atoms with Gasteiger partial charge in [0.1, 0.15) is 0 Å². The predicted octanol–water partition coefficient (Wildman–Crippen LogP) is 5.82. The average molecular weight is 354 g/mol. The number of halogens is 1. The van der Waals surface area contributed by atoms with Gasteiger partial charge in [0.25, 0.3) is 0 Å². The molecule has 98 valence electrons. The molecule has 2 unspecified atom stereocenters. The van der Waals surface area contributed by atoms with Crippen molar-refractivity contribution in [3.8, 4) is 0 Å². The second-order valence-corrected chi connectivity index (χ2v) is 7.41. The van der Waals surface area contributed by atoms with E-state index in [9.17, 15) is 0 Å². The molecule has 18 heavy (non-hydrogen) atoms. The van der Waals surface area contributed by atoms with E-state index in [2.05, 4.69) is 75.1 Å². The molecule has 0 aromatic heterocycles. The van der Waals surface area contributed by atoms with Crippen LogP contribution in [0.1, 0.15) is 40.5 Å². The zero-order valence-electron chi connectivity index (χ0n) is 11.9. The van der Waals surface area contributed by atoms with Crippen molar-refractivity contribution < 1.29 is 0 Å². The average Bonchev–Trinajstić information content (AvgIpc) is 2.50. The Morgan fingerprint density at radius 3 is 2.78 bits per heavy atom. The van der Waals surface area contributed by atoms with E-state index >= 15 is 0 Å². The zero-order valence-corrected chi connectivity index (χ0v) is 14.0. The van der Waals surface area contributed by atoms with Crippen LogP contribution in [0.2, 0.25) is 0 Å². The highest BCUT2D eigenvalue weighted by molar-refractivity contribution is 14.1. The van der Waals surface area contributed by atoms with Gasteiger partial charge in [-0.1, -0.05) is 38.2 Å². The third-order valence-electron chi connectivity index (χ3n) is 4.63. The van der Waals surface area contributed by atoms with Crippen molar-refractivity contribution in [2.24, 2.45) is 17.3 Å². The number of fused-ring (bicyclic) bond motifs is 1. The van der Waals surface area contributed by atoms with E-state index in [0.717, 1.165) is 0 Å². The monoisotopic (exact) mass is 354 g/mol. The number of hydrogen-bond donors (Lipinski definition) is 0. The Hall–Kier alpha value is -0.310. The van der Waals surface area contributed by atoms with Crippen molar-refractivity contribution >= 4 is 22.6 Å². The summed E-state index contributed by atoms with van der Waals surface area (Å²) in [6, 6.07) is 0. The van der Waals surface area contributed by atoms with Crippen LogP contribution in [-0.2, 0) is 0 Å². The molecule has 0 aromatic carbocycles. The van der Waals surface area contributed by atoms with Gasteiger partial charge in [-0.15, -0.1) is 0 Å². The van der Waals surface area contributed by atoms with Crippen LogP contribution in [0.15, 0.2) is 45.1 Å². The summed E-state index contributed by atoms with van der Waals surface area (Å²) >= 11 is 2.41. The minimum absolute atomic E-state index is 0.225. The first-order chi connectivity index (χ1) is 8.37. The maximum atomic E-state index is 4.40. The smallest absolute Gasteiger partial charge is 0.00902 e. The Bertz CT molecular complexity index is 460. The van der Waals surface area contributed by atoms with Crippen molar-refractivity contribution in [2.45, 2.75) is 40.5 Å². The van der Waals surface area contributed by atoms with E-state index < -0.39 is 0 Å². The van der Waals surface area contributed by atoms with Crippen LogP contribution in [0.25, 0.3) is 0 Å². The fraction of sp³-hybridized carbons (Fsp3) is 0.529. The Labute approximate surface area is 125 Å². The quantitative estimate of drug-likeness (QED) is 0.411. The molecule has 0 aromatic rings. The minimum Gasteiger partial charge on any atom is -0.0952 e. The molecule has 1 fully saturated rings. The van der Waals surface area contributed by atoms with Crippen LogP contribution >= 0.6 is 22.6 Å². The molecule has 1 saturated carbocycles. The van der Waals surface area contributed by atoms with E-state index in [-0.39, 0.29) is 5.41 Å². The summed E-state index contributed by atoms with van der Waals surface area (Å²) in [7, 11) is 0. The van der Waals surface area contributed by atoms with Crippen LogP contribution in [0.5, 0.6) is 0 Å². The van der Waals surface area contributed by atoms with Crippen LogP contribution in [0.3, 0.4) is 0 Å². The number of rotatable bonds is 1. The van der Waals surface area contributed by atoms with Crippen molar-refractivity contribution in [1.82, 2.24) is 0 Å². The molecular formula is C17H23I. The molecule has 2 aliphatic carbocycles. The second-order valence-electron chi connectivity index (χ2n) is 6.16. The van der Waals surface area contributed by atoms with Gasteiger partial charge in [-0.05, 0) is 83.8 Å². The summed E-state index contributed by atoms with van der Waals surface area (Å²) in [6.07, 6.45) is 9.52. The van der Waals surface area contributed by atoms with Gasteiger partial charge in [-0.2, -0.15) is 0 Å². The summed E-state index contributed by atoms with van der Waals surface area (Å²) in [5.41, 5.74) is 4.62. The van der Waals surface area contributed by atoms with Crippen molar-refractivity contribution in [3.05, 3.63) is 45.1 Å². The Balaban J connectivity index is 2.47. The number of hydrogen-bond acceptors (Lipinski definition) is 0. The highest BCUT2D eigenvalue weighted by atomic mass is 127. The lowest BCUT2D eigenvalue weighted by atomic mass is 9.72. The molecule has 2 aliphatic rings. The van der Waals surface area contributed by atoms with E-state index in [0.29, 0.717) is 11.8 Å². The first kappa shape index (κ1) is 14.1. The fourth-order valence-corrected chi connectivity index (χ4v) is 3.78. The molecule has 0 saturated heterocycles. The van der Waals surface area contributed by atoms with Crippen LogP contribution in [0.4, 0.5) is 0 Å². The SMILES string of the molecule is C=C1/C(=C\C(I)=C/C)C(C)(C)C2C=C(C)CCC12. The molecule has 0 nitrogen and oxygen atoms in total. The van der Waals surface area contributed by atoms with Gasteiger partial charge in [-0.25, -0.2) is 0 Å². The summed E-state index contributed by atoms with van der Waals surface area (Å²) in [5, 5.41) is 0. The maximum absolute atomic E-state index is 4.40. The van der Waals surface area contributed by atoms with E-state index in [1.165, 1.54) is 27.6 Å². The molecule has 0 N–H and O–H groups in total. The van der Waals surface area contributed by atoms with Crippen molar-refractivity contribution in [1.29, 1.82) is 0 Å². The first-order valence-corrected chi connectivity index (χ1v) is 7.86. The van der Waals surface area contributed by atoms with Crippen molar-refractivity contribution in [2.75, 3.05) is 0 Å². The minimum atomic E-state index is 0.225. The largest absolute Gasteiger partial charge is 0.0952 e. The van der Waals surface area contributed by atoms with Gasteiger partial charge in [0.15, 0.2) is 0 Å². The molecular weight excluding hydrogens is 331 g/mol. The van der Waals surface area contributed by atoms with Gasteiger partial charge in [-0.3, -0.25) is 0 Å². The van der Waals surface area contributed by atoms with E-state index in [1.807, 2.05) is 0 Å². The second kappa shape index (κ2) is 4.99. The summed E-state index contributed by atoms with van der Waals surface area (Å²) in [5.74, 6) is 1.31. The molecule has 0 heterocycles. The number of allylic oxidation sites excluding steroid dienone is 7. The summed E-state index contributed by atoms with van der Waals surface area (Å²) in [6.45, 7) is 13.5. The molecule has 0 radical (unpaired) electrons. The maximum Gasteiger partial charge on any atom is 0.00902 e. The lowest BCUT2D eigenvalue weighted by Gasteiger charge is -2.32. The summed E-state index contributed by atoms with van der Waals surface area (Å²) < 4.78 is 1.32. The van der Waals surface area contributed by atoms with Crippen LogP contribution in [-0.4, -0.2) is 0 Å².